The lowest BCUT2D eigenvalue weighted by molar-refractivity contribution is -0.384. The molecule has 0 aliphatic carbocycles. The minimum Gasteiger partial charge on any atom is -0.457 e. The third-order valence-corrected chi connectivity index (χ3v) is 4.25. The van der Waals surface area contributed by atoms with E-state index in [1.54, 1.807) is 30.3 Å². The standard InChI is InChI=1S/C20H13Cl2NO5/c21-14-4-9-18(19(22)11-14)20(24)27-12-13-2-1-3-17(10-13)28-16-7-5-15(6-8-16)23(25)26/h1-11H,12H2. The fourth-order valence-corrected chi connectivity index (χ4v) is 2.84. The molecule has 28 heavy (non-hydrogen) atoms. The Morgan fingerprint density at radius 2 is 1.71 bits per heavy atom. The second-order valence-corrected chi connectivity index (χ2v) is 6.54. The zero-order valence-electron chi connectivity index (χ0n) is 14.3. The monoisotopic (exact) mass is 417 g/mol. The van der Waals surface area contributed by atoms with E-state index in [1.165, 1.54) is 36.4 Å². The molecule has 0 fully saturated rings. The molecular formula is C20H13Cl2NO5. The van der Waals surface area contributed by atoms with Crippen LogP contribution in [0.1, 0.15) is 15.9 Å². The highest BCUT2D eigenvalue weighted by atomic mass is 35.5. The zero-order valence-corrected chi connectivity index (χ0v) is 15.8. The SMILES string of the molecule is O=C(OCc1cccc(Oc2ccc([N+](=O)[O-])cc2)c1)c1ccc(Cl)cc1Cl. The Kier molecular flexibility index (Phi) is 6.13. The van der Waals surface area contributed by atoms with Crippen molar-refractivity contribution in [3.05, 3.63) is 98.0 Å². The fraction of sp³-hybridized carbons (Fsp3) is 0.0500. The number of nitrogens with zero attached hydrogens (tertiary/aromatic N) is 1. The zero-order chi connectivity index (χ0) is 20.1. The van der Waals surface area contributed by atoms with Gasteiger partial charge < -0.3 is 9.47 Å². The van der Waals surface area contributed by atoms with E-state index in [2.05, 4.69) is 0 Å². The predicted molar refractivity (Wildman–Crippen MR) is 105 cm³/mol. The number of esters is 1. The first-order valence-corrected chi connectivity index (χ1v) is 8.81. The summed E-state index contributed by atoms with van der Waals surface area (Å²) < 4.78 is 11.0. The molecule has 142 valence electrons. The first-order valence-electron chi connectivity index (χ1n) is 8.06. The van der Waals surface area contributed by atoms with Gasteiger partial charge in [0.15, 0.2) is 0 Å². The number of non-ortho nitro benzene ring substituents is 1. The van der Waals surface area contributed by atoms with Gasteiger partial charge in [-0.2, -0.15) is 0 Å². The van der Waals surface area contributed by atoms with E-state index in [4.69, 9.17) is 32.7 Å². The molecule has 0 bridgehead atoms. The van der Waals surface area contributed by atoms with E-state index in [9.17, 15) is 14.9 Å². The van der Waals surface area contributed by atoms with E-state index in [-0.39, 0.29) is 22.9 Å². The predicted octanol–water partition coefficient (Wildman–Crippen LogP) is 6.05. The van der Waals surface area contributed by atoms with Crippen LogP contribution in [0.25, 0.3) is 0 Å². The molecule has 0 heterocycles. The maximum atomic E-state index is 12.2. The molecule has 0 atom stereocenters. The summed E-state index contributed by atoms with van der Waals surface area (Å²) in [7, 11) is 0. The molecule has 3 rings (SSSR count). The van der Waals surface area contributed by atoms with Gasteiger partial charge in [-0.15, -0.1) is 0 Å². The van der Waals surface area contributed by atoms with Crippen molar-refractivity contribution in [1.82, 2.24) is 0 Å². The fourth-order valence-electron chi connectivity index (χ4n) is 2.35. The third kappa shape index (κ3) is 5.00. The number of hydrogen-bond acceptors (Lipinski definition) is 5. The van der Waals surface area contributed by atoms with Gasteiger partial charge in [-0.3, -0.25) is 10.1 Å². The average Bonchev–Trinajstić information content (AvgIpc) is 2.67. The molecule has 0 saturated carbocycles. The third-order valence-electron chi connectivity index (χ3n) is 3.70. The summed E-state index contributed by atoms with van der Waals surface area (Å²) in [6, 6.07) is 17.2. The van der Waals surface area contributed by atoms with Gasteiger partial charge in [-0.25, -0.2) is 4.79 Å². The van der Waals surface area contributed by atoms with Crippen molar-refractivity contribution in [2.45, 2.75) is 6.61 Å². The number of halogens is 2. The van der Waals surface area contributed by atoms with Crippen LogP contribution >= 0.6 is 23.2 Å². The van der Waals surface area contributed by atoms with Crippen molar-refractivity contribution >= 4 is 34.9 Å². The molecule has 3 aromatic rings. The van der Waals surface area contributed by atoms with Crippen LogP contribution in [-0.4, -0.2) is 10.9 Å². The Bertz CT molecular complexity index is 1020. The van der Waals surface area contributed by atoms with Crippen LogP contribution in [0.2, 0.25) is 10.0 Å². The van der Waals surface area contributed by atoms with Crippen LogP contribution in [0.3, 0.4) is 0 Å². The maximum Gasteiger partial charge on any atom is 0.339 e. The summed E-state index contributed by atoms with van der Waals surface area (Å²) in [6.45, 7) is 0.0231. The van der Waals surface area contributed by atoms with Crippen LogP contribution in [0.5, 0.6) is 11.5 Å². The van der Waals surface area contributed by atoms with Gasteiger partial charge in [0.1, 0.15) is 18.1 Å². The van der Waals surface area contributed by atoms with Gasteiger partial charge in [0.25, 0.3) is 5.69 Å². The van der Waals surface area contributed by atoms with Crippen LogP contribution in [0.4, 0.5) is 5.69 Å². The molecule has 3 aromatic carbocycles. The van der Waals surface area contributed by atoms with Gasteiger partial charge in [0, 0.05) is 17.2 Å². The van der Waals surface area contributed by atoms with E-state index in [0.717, 1.165) is 0 Å². The normalized spacial score (nSPS) is 10.4. The number of hydrogen-bond donors (Lipinski definition) is 0. The average molecular weight is 418 g/mol. The van der Waals surface area contributed by atoms with E-state index in [1.807, 2.05) is 0 Å². The molecular weight excluding hydrogens is 405 g/mol. The Labute approximate surface area is 170 Å². The van der Waals surface area contributed by atoms with Gasteiger partial charge in [0.2, 0.25) is 0 Å². The van der Waals surface area contributed by atoms with Crippen LogP contribution < -0.4 is 4.74 Å². The molecule has 0 N–H and O–H groups in total. The molecule has 0 aromatic heterocycles. The van der Waals surface area contributed by atoms with E-state index >= 15 is 0 Å². The van der Waals surface area contributed by atoms with Gasteiger partial charge >= 0.3 is 5.97 Å². The molecule has 0 saturated heterocycles. The van der Waals surface area contributed by atoms with E-state index in [0.29, 0.717) is 22.1 Å². The lowest BCUT2D eigenvalue weighted by Gasteiger charge is -2.09. The van der Waals surface area contributed by atoms with Crippen molar-refractivity contribution in [3.63, 3.8) is 0 Å². The van der Waals surface area contributed by atoms with Gasteiger partial charge in [-0.1, -0.05) is 35.3 Å². The van der Waals surface area contributed by atoms with Crippen LogP contribution in [0, 0.1) is 10.1 Å². The Morgan fingerprint density at radius 1 is 0.964 bits per heavy atom. The first-order chi connectivity index (χ1) is 13.4. The minimum atomic E-state index is -0.566. The molecule has 0 unspecified atom stereocenters. The molecule has 8 heteroatoms. The maximum absolute atomic E-state index is 12.2. The topological polar surface area (TPSA) is 78.7 Å². The smallest absolute Gasteiger partial charge is 0.339 e. The van der Waals surface area contributed by atoms with Crippen LogP contribution in [0.15, 0.2) is 66.7 Å². The lowest BCUT2D eigenvalue weighted by Crippen LogP contribution is -2.06. The highest BCUT2D eigenvalue weighted by Crippen LogP contribution is 2.25. The summed E-state index contributed by atoms with van der Waals surface area (Å²) in [5, 5.41) is 11.3. The minimum absolute atomic E-state index is 0.0196. The summed E-state index contributed by atoms with van der Waals surface area (Å²) in [5.41, 5.74) is 0.913. The number of carbonyl (C=O) groups is 1. The number of nitro benzene ring substituents is 1. The number of benzene rings is 3. The molecule has 6 nitrogen and oxygen atoms in total. The number of carbonyl (C=O) groups excluding carboxylic acids is 1. The molecule has 0 amide bonds. The number of nitro groups is 1. The second-order valence-electron chi connectivity index (χ2n) is 5.70. The lowest BCUT2D eigenvalue weighted by atomic mass is 10.2. The van der Waals surface area contributed by atoms with Crippen molar-refractivity contribution in [1.29, 1.82) is 0 Å². The Morgan fingerprint density at radius 3 is 2.39 bits per heavy atom. The molecule has 0 aliphatic rings. The summed E-state index contributed by atoms with van der Waals surface area (Å²) in [5.74, 6) is 0.392. The number of rotatable bonds is 6. The summed E-state index contributed by atoms with van der Waals surface area (Å²) >= 11 is 11.8. The second kappa shape index (κ2) is 8.73. The van der Waals surface area contributed by atoms with Crippen molar-refractivity contribution in [2.75, 3.05) is 0 Å². The number of ether oxygens (including phenoxy) is 2. The highest BCUT2D eigenvalue weighted by Gasteiger charge is 2.13. The van der Waals surface area contributed by atoms with Crippen molar-refractivity contribution in [2.24, 2.45) is 0 Å². The molecule has 0 aliphatic heterocycles. The van der Waals surface area contributed by atoms with E-state index < -0.39 is 10.9 Å². The Balaban J connectivity index is 1.64. The van der Waals surface area contributed by atoms with Gasteiger partial charge in [0.05, 0.1) is 15.5 Å². The largest absolute Gasteiger partial charge is 0.457 e. The first kappa shape index (κ1) is 19.7. The highest BCUT2D eigenvalue weighted by molar-refractivity contribution is 6.36. The molecule has 0 radical (unpaired) electrons. The van der Waals surface area contributed by atoms with Crippen molar-refractivity contribution in [3.8, 4) is 11.5 Å². The van der Waals surface area contributed by atoms with Crippen LogP contribution in [-0.2, 0) is 11.3 Å². The summed E-state index contributed by atoms with van der Waals surface area (Å²) in [6.07, 6.45) is 0. The van der Waals surface area contributed by atoms with Crippen molar-refractivity contribution < 1.29 is 19.2 Å². The molecule has 0 spiro atoms. The van der Waals surface area contributed by atoms with Gasteiger partial charge in [-0.05, 0) is 48.0 Å². The quantitative estimate of drug-likeness (QED) is 0.277. The Hall–Kier alpha value is -3.09. The summed E-state index contributed by atoms with van der Waals surface area (Å²) in [4.78, 5) is 22.4.